The second-order valence-corrected chi connectivity index (χ2v) is 12.2. The summed E-state index contributed by atoms with van der Waals surface area (Å²) < 4.78 is 11.0. The number of amides is 1. The molecule has 4 heterocycles. The van der Waals surface area contributed by atoms with E-state index in [9.17, 15) is 4.79 Å². The predicted octanol–water partition coefficient (Wildman–Crippen LogP) is 5.43. The molecular formula is C35H37ClN8O3. The number of aromatic nitrogens is 3. The highest BCUT2D eigenvalue weighted by Gasteiger charge is 2.44. The molecule has 47 heavy (non-hydrogen) atoms. The van der Waals surface area contributed by atoms with Crippen molar-refractivity contribution in [3.63, 3.8) is 0 Å². The summed E-state index contributed by atoms with van der Waals surface area (Å²) >= 11 is 6.41. The van der Waals surface area contributed by atoms with Crippen molar-refractivity contribution in [2.24, 2.45) is 17.6 Å². The minimum Gasteiger partial charge on any atom is -0.388 e. The summed E-state index contributed by atoms with van der Waals surface area (Å²) in [6, 6.07) is 11.3. The van der Waals surface area contributed by atoms with E-state index >= 15 is 0 Å². The molecule has 4 N–H and O–H groups in total. The van der Waals surface area contributed by atoms with Crippen LogP contribution in [0.5, 0.6) is 0 Å². The monoisotopic (exact) mass is 652 g/mol. The molecule has 12 heteroatoms. The van der Waals surface area contributed by atoms with Crippen LogP contribution >= 0.6 is 11.6 Å². The molecule has 242 valence electrons. The lowest BCUT2D eigenvalue weighted by atomic mass is 9.82. The number of primary amides is 1. The topological polar surface area (TPSA) is 143 Å². The number of carbonyl (C=O) groups is 1. The van der Waals surface area contributed by atoms with Gasteiger partial charge in [-0.15, -0.1) is 13.2 Å². The Kier molecular flexibility index (Phi) is 9.82. The smallest absolute Gasteiger partial charge is 0.388 e. The maximum Gasteiger partial charge on any atom is 0.411 e. The summed E-state index contributed by atoms with van der Waals surface area (Å²) in [6.07, 6.45) is 9.45. The molecule has 6 rings (SSSR count). The van der Waals surface area contributed by atoms with Gasteiger partial charge >= 0.3 is 6.09 Å². The summed E-state index contributed by atoms with van der Waals surface area (Å²) in [6.45, 7) is 9.85. The van der Waals surface area contributed by atoms with Gasteiger partial charge in [0.2, 0.25) is 5.82 Å². The van der Waals surface area contributed by atoms with Gasteiger partial charge in [-0.3, -0.25) is 10.4 Å². The Bertz CT molecular complexity index is 1720. The van der Waals surface area contributed by atoms with Crippen molar-refractivity contribution in [2.45, 2.75) is 44.1 Å². The van der Waals surface area contributed by atoms with Crippen LogP contribution in [-0.2, 0) is 9.47 Å². The zero-order chi connectivity index (χ0) is 32.9. The molecule has 3 unspecified atom stereocenters. The summed E-state index contributed by atoms with van der Waals surface area (Å²) in [7, 11) is 0. The Labute approximate surface area is 279 Å². The van der Waals surface area contributed by atoms with Crippen molar-refractivity contribution in [1.29, 1.82) is 5.41 Å². The first-order valence-electron chi connectivity index (χ1n) is 15.7. The molecule has 2 aliphatic heterocycles. The van der Waals surface area contributed by atoms with E-state index in [2.05, 4.69) is 56.2 Å². The van der Waals surface area contributed by atoms with Crippen molar-refractivity contribution in [3.05, 3.63) is 90.5 Å². The molecule has 3 aromatic rings. The summed E-state index contributed by atoms with van der Waals surface area (Å²) in [4.78, 5) is 29.8. The van der Waals surface area contributed by atoms with Gasteiger partial charge in [-0.1, -0.05) is 53.8 Å². The Morgan fingerprint density at radius 2 is 1.96 bits per heavy atom. The first-order valence-corrected chi connectivity index (χ1v) is 16.0. The Hall–Kier alpha value is -4.76. The number of morpholine rings is 1. The van der Waals surface area contributed by atoms with Crippen LogP contribution in [0.15, 0.2) is 74.1 Å². The zero-order valence-corrected chi connectivity index (χ0v) is 26.7. The highest BCUT2D eigenvalue weighted by atomic mass is 35.5. The number of allylic oxidation sites excluding steroid dienone is 1. The van der Waals surface area contributed by atoms with Crippen LogP contribution in [0, 0.1) is 29.1 Å². The van der Waals surface area contributed by atoms with Crippen LogP contribution in [0.2, 0.25) is 5.02 Å². The van der Waals surface area contributed by atoms with E-state index in [0.29, 0.717) is 53.6 Å². The fraction of sp³-hybridized carbons (Fsp3) is 0.343. The number of benzene rings is 1. The Morgan fingerprint density at radius 1 is 1.17 bits per heavy atom. The molecule has 1 saturated carbocycles. The normalized spacial score (nSPS) is 23.9. The molecule has 0 radical (unpaired) electrons. The highest BCUT2D eigenvalue weighted by molar-refractivity contribution is 6.30. The van der Waals surface area contributed by atoms with Crippen LogP contribution in [0.4, 0.5) is 16.3 Å². The van der Waals surface area contributed by atoms with Crippen molar-refractivity contribution >= 4 is 35.1 Å². The van der Waals surface area contributed by atoms with Crippen LogP contribution < -0.4 is 16.0 Å². The van der Waals surface area contributed by atoms with Crippen LogP contribution in [0.3, 0.4) is 0 Å². The van der Waals surface area contributed by atoms with Crippen molar-refractivity contribution < 1.29 is 14.3 Å². The number of nitrogens with two attached hydrogens (primary N) is 1. The molecule has 3 atom stereocenters. The van der Waals surface area contributed by atoms with E-state index in [1.54, 1.807) is 24.5 Å². The molecule has 2 aromatic heterocycles. The predicted molar refractivity (Wildman–Crippen MR) is 182 cm³/mol. The van der Waals surface area contributed by atoms with E-state index < -0.39 is 18.3 Å². The fourth-order valence-corrected chi connectivity index (χ4v) is 6.68. The number of hydrogen-bond donors (Lipinski definition) is 3. The summed E-state index contributed by atoms with van der Waals surface area (Å²) in [5, 5.41) is 12.4. The van der Waals surface area contributed by atoms with Crippen molar-refractivity contribution in [3.8, 4) is 23.1 Å². The van der Waals surface area contributed by atoms with E-state index in [1.807, 2.05) is 30.3 Å². The van der Waals surface area contributed by atoms with Crippen molar-refractivity contribution in [1.82, 2.24) is 19.9 Å². The van der Waals surface area contributed by atoms with Gasteiger partial charge in [0.15, 0.2) is 12.1 Å². The second kappa shape index (κ2) is 14.3. The van der Waals surface area contributed by atoms with Crippen LogP contribution in [0.25, 0.3) is 11.3 Å². The minimum atomic E-state index is -1.13. The maximum atomic E-state index is 11.6. The number of nitrogens with zero attached hydrogens (tertiary/aromatic N) is 5. The van der Waals surface area contributed by atoms with Gasteiger partial charge in [-0.2, -0.15) is 0 Å². The first kappa shape index (κ1) is 32.2. The Morgan fingerprint density at radius 3 is 2.66 bits per heavy atom. The maximum absolute atomic E-state index is 11.6. The van der Waals surface area contributed by atoms with Gasteiger partial charge in [-0.05, 0) is 55.7 Å². The van der Waals surface area contributed by atoms with E-state index in [0.717, 1.165) is 36.9 Å². The van der Waals surface area contributed by atoms with Crippen molar-refractivity contribution in [2.75, 3.05) is 29.9 Å². The number of carbonyl (C=O) groups excluding carboxylic acids is 1. The summed E-state index contributed by atoms with van der Waals surface area (Å²) in [5.41, 5.74) is 7.99. The quantitative estimate of drug-likeness (QED) is 0.132. The van der Waals surface area contributed by atoms with Gasteiger partial charge in [0, 0.05) is 36.6 Å². The lowest BCUT2D eigenvalue weighted by Crippen LogP contribution is -2.61. The lowest BCUT2D eigenvalue weighted by Gasteiger charge is -2.45. The molecule has 3 aliphatic rings. The molecule has 1 aromatic carbocycles. The largest absolute Gasteiger partial charge is 0.411 e. The molecule has 0 bridgehead atoms. The number of nitrogens with one attached hydrogen (secondary N) is 2. The number of hydrogen-bond acceptors (Lipinski definition) is 10. The molecule has 1 aliphatic carbocycles. The van der Waals surface area contributed by atoms with Gasteiger partial charge in [0.05, 0.1) is 11.6 Å². The van der Waals surface area contributed by atoms with Gasteiger partial charge in [0.1, 0.15) is 23.5 Å². The SMILES string of the molecule is C=CC1CCC(CN2c3c(nc(C(=N)OC(N)=O)nc3-c3cncc(Cl)c3)NC2N2CCOC(C=C)C2C#Cc2ccccc2)CC1. The number of fused-ring (bicyclic) bond motifs is 1. The highest BCUT2D eigenvalue weighted by Crippen LogP contribution is 2.44. The minimum absolute atomic E-state index is 0.108. The second-order valence-electron chi connectivity index (χ2n) is 11.8. The van der Waals surface area contributed by atoms with E-state index in [4.69, 9.17) is 37.2 Å². The first-order chi connectivity index (χ1) is 22.8. The van der Waals surface area contributed by atoms with Gasteiger partial charge < -0.3 is 25.4 Å². The molecular weight excluding hydrogens is 616 g/mol. The third kappa shape index (κ3) is 7.15. The molecule has 2 fully saturated rings. The number of rotatable bonds is 7. The third-order valence-corrected chi connectivity index (χ3v) is 9.02. The number of ether oxygens (including phenoxy) is 2. The number of pyridine rings is 1. The Balaban J connectivity index is 1.46. The lowest BCUT2D eigenvalue weighted by molar-refractivity contribution is -0.0404. The molecule has 1 amide bonds. The number of anilines is 2. The van der Waals surface area contributed by atoms with Gasteiger partial charge in [-0.25, -0.2) is 19.7 Å². The van der Waals surface area contributed by atoms with Gasteiger partial charge in [0.25, 0.3) is 5.90 Å². The number of halogens is 1. The average Bonchev–Trinajstić information content (AvgIpc) is 3.45. The third-order valence-electron chi connectivity index (χ3n) is 8.81. The zero-order valence-electron chi connectivity index (χ0n) is 25.9. The molecule has 1 saturated heterocycles. The standard InChI is InChI=1S/C35H37ClN8O3/c1-3-22-10-12-24(13-11-22)21-44-30-29(25-18-26(36)20-39-19-25)40-33(31(37)47-34(38)45)41-32(30)42-35(44)43-16-17-46-28(4-2)27(43)15-14-23-8-6-5-7-9-23/h3-9,18-20,22,24,27-28,35,37H,1-2,10-13,16-17,21H2,(H2,38,45)(H,40,41,42). The van der Waals surface area contributed by atoms with Crippen LogP contribution in [-0.4, -0.2) is 70.0 Å². The average molecular weight is 653 g/mol. The molecule has 11 nitrogen and oxygen atoms in total. The van der Waals surface area contributed by atoms with E-state index in [-0.39, 0.29) is 18.0 Å². The summed E-state index contributed by atoms with van der Waals surface area (Å²) in [5.74, 6) is 7.52. The van der Waals surface area contributed by atoms with E-state index in [1.165, 1.54) is 0 Å². The van der Waals surface area contributed by atoms with Crippen LogP contribution in [0.1, 0.15) is 37.1 Å². The fourth-order valence-electron chi connectivity index (χ4n) is 6.51. The molecule has 0 spiro atoms.